The second-order valence-corrected chi connectivity index (χ2v) is 7.65. The maximum Gasteiger partial charge on any atom is 0.416 e. The predicted octanol–water partition coefficient (Wildman–Crippen LogP) is 3.72. The molecule has 10 heteroatoms. The molecule has 1 heterocycles. The molecule has 2 aromatic rings. The summed E-state index contributed by atoms with van der Waals surface area (Å²) in [5, 5.41) is 2.42. The van der Waals surface area contributed by atoms with Crippen molar-refractivity contribution in [3.05, 3.63) is 53.1 Å². The van der Waals surface area contributed by atoms with Crippen LogP contribution in [0.1, 0.15) is 16.7 Å². The number of nitrogens with zero attached hydrogens (tertiary/aromatic N) is 1. The van der Waals surface area contributed by atoms with Crippen molar-refractivity contribution in [2.24, 2.45) is 0 Å². The van der Waals surface area contributed by atoms with Gasteiger partial charge in [0.05, 0.1) is 30.2 Å². The van der Waals surface area contributed by atoms with Gasteiger partial charge in [0.1, 0.15) is 5.75 Å². The molecule has 1 aliphatic heterocycles. The number of alkyl halides is 3. The molecular formula is C23H25F3N2O5. The standard InChI is InChI=1S/C23H25F3N2O5/c1-15-9-16(2)11-18(10-15)32-14-22(30)33-13-21(29)27-19-12-17(23(24,25)26)3-4-20(19)28-5-7-31-8-6-28/h3-4,9-12H,5-8,13-14H2,1-2H3,(H,27,29). The highest BCUT2D eigenvalue weighted by Crippen LogP contribution is 2.35. The van der Waals surface area contributed by atoms with Crippen LogP contribution in [-0.2, 0) is 25.2 Å². The number of carbonyl (C=O) groups is 2. The molecule has 1 saturated heterocycles. The number of benzene rings is 2. The zero-order chi connectivity index (χ0) is 24.0. The highest BCUT2D eigenvalue weighted by atomic mass is 19.4. The number of ether oxygens (including phenoxy) is 3. The first-order valence-corrected chi connectivity index (χ1v) is 10.3. The van der Waals surface area contributed by atoms with Crippen molar-refractivity contribution >= 4 is 23.3 Å². The third-order valence-corrected chi connectivity index (χ3v) is 4.87. The molecule has 2 aromatic carbocycles. The van der Waals surface area contributed by atoms with Gasteiger partial charge >= 0.3 is 12.1 Å². The second kappa shape index (κ2) is 10.6. The Morgan fingerprint density at radius 2 is 1.70 bits per heavy atom. The van der Waals surface area contributed by atoms with Gasteiger partial charge in [-0.2, -0.15) is 13.2 Å². The van der Waals surface area contributed by atoms with Crippen molar-refractivity contribution in [2.45, 2.75) is 20.0 Å². The number of rotatable bonds is 7. The van der Waals surface area contributed by atoms with E-state index in [2.05, 4.69) is 5.32 Å². The number of halogens is 3. The molecule has 0 atom stereocenters. The monoisotopic (exact) mass is 466 g/mol. The highest BCUT2D eigenvalue weighted by molar-refractivity contribution is 5.96. The number of hydrogen-bond donors (Lipinski definition) is 1. The maximum absolute atomic E-state index is 13.2. The van der Waals surface area contributed by atoms with Gasteiger partial charge in [0.15, 0.2) is 13.2 Å². The van der Waals surface area contributed by atoms with E-state index in [1.807, 2.05) is 24.8 Å². The molecule has 3 rings (SSSR count). The molecule has 0 aliphatic carbocycles. The van der Waals surface area contributed by atoms with Gasteiger partial charge in [-0.1, -0.05) is 6.07 Å². The number of esters is 1. The number of hydrogen-bond acceptors (Lipinski definition) is 6. The van der Waals surface area contributed by atoms with Gasteiger partial charge in [-0.05, 0) is 55.3 Å². The minimum absolute atomic E-state index is 0.0146. The molecule has 0 radical (unpaired) electrons. The summed E-state index contributed by atoms with van der Waals surface area (Å²) in [4.78, 5) is 26.1. The highest BCUT2D eigenvalue weighted by Gasteiger charge is 2.32. The smallest absolute Gasteiger partial charge is 0.416 e. The van der Waals surface area contributed by atoms with Crippen LogP contribution in [0.3, 0.4) is 0 Å². The van der Waals surface area contributed by atoms with Gasteiger partial charge in [0.2, 0.25) is 0 Å². The van der Waals surface area contributed by atoms with Crippen LogP contribution in [0.5, 0.6) is 5.75 Å². The van der Waals surface area contributed by atoms with E-state index in [1.54, 1.807) is 12.1 Å². The molecule has 1 amide bonds. The molecule has 1 fully saturated rings. The first-order valence-electron chi connectivity index (χ1n) is 10.3. The van der Waals surface area contributed by atoms with Crippen LogP contribution in [0.25, 0.3) is 0 Å². The maximum atomic E-state index is 13.2. The van der Waals surface area contributed by atoms with E-state index in [0.29, 0.717) is 37.7 Å². The molecular weight excluding hydrogens is 441 g/mol. The number of morpholine rings is 1. The van der Waals surface area contributed by atoms with Crippen LogP contribution in [0.4, 0.5) is 24.5 Å². The van der Waals surface area contributed by atoms with Crippen LogP contribution in [0.15, 0.2) is 36.4 Å². The normalized spacial score (nSPS) is 14.0. The molecule has 1 N–H and O–H groups in total. The lowest BCUT2D eigenvalue weighted by atomic mass is 10.1. The van der Waals surface area contributed by atoms with Gasteiger partial charge in [0, 0.05) is 13.1 Å². The Balaban J connectivity index is 1.60. The molecule has 7 nitrogen and oxygen atoms in total. The second-order valence-electron chi connectivity index (χ2n) is 7.65. The van der Waals surface area contributed by atoms with Crippen molar-refractivity contribution in [3.63, 3.8) is 0 Å². The van der Waals surface area contributed by atoms with Gasteiger partial charge in [-0.25, -0.2) is 4.79 Å². The number of aryl methyl sites for hydroxylation is 2. The van der Waals surface area contributed by atoms with Gasteiger partial charge in [-0.15, -0.1) is 0 Å². The Hall–Kier alpha value is -3.27. The molecule has 0 unspecified atom stereocenters. The lowest BCUT2D eigenvalue weighted by Gasteiger charge is -2.31. The average Bonchev–Trinajstić information content (AvgIpc) is 2.75. The van der Waals surface area contributed by atoms with Crippen molar-refractivity contribution in [1.82, 2.24) is 0 Å². The quantitative estimate of drug-likeness (QED) is 0.627. The van der Waals surface area contributed by atoms with Crippen molar-refractivity contribution in [2.75, 3.05) is 49.7 Å². The number of amides is 1. The lowest BCUT2D eigenvalue weighted by Crippen LogP contribution is -2.37. The average molecular weight is 466 g/mol. The largest absolute Gasteiger partial charge is 0.482 e. The van der Waals surface area contributed by atoms with Crippen molar-refractivity contribution < 1.29 is 37.0 Å². The summed E-state index contributed by atoms with van der Waals surface area (Å²) in [7, 11) is 0. The summed E-state index contributed by atoms with van der Waals surface area (Å²) in [5.41, 5.74) is 1.46. The van der Waals surface area contributed by atoms with Crippen LogP contribution in [0.2, 0.25) is 0 Å². The zero-order valence-corrected chi connectivity index (χ0v) is 18.3. The van der Waals surface area contributed by atoms with E-state index >= 15 is 0 Å². The summed E-state index contributed by atoms with van der Waals surface area (Å²) >= 11 is 0. The first-order chi connectivity index (χ1) is 15.6. The number of anilines is 2. The van der Waals surface area contributed by atoms with Crippen LogP contribution in [0, 0.1) is 13.8 Å². The van der Waals surface area contributed by atoms with Gasteiger partial charge in [0.25, 0.3) is 5.91 Å². The lowest BCUT2D eigenvalue weighted by molar-refractivity contribution is -0.149. The Bertz CT molecular complexity index is 984. The third-order valence-electron chi connectivity index (χ3n) is 4.87. The van der Waals surface area contributed by atoms with E-state index in [4.69, 9.17) is 14.2 Å². The molecule has 33 heavy (non-hydrogen) atoms. The van der Waals surface area contributed by atoms with E-state index < -0.39 is 36.8 Å². The molecule has 0 aromatic heterocycles. The Kier molecular flexibility index (Phi) is 7.80. The number of nitrogens with one attached hydrogen (secondary N) is 1. The SMILES string of the molecule is Cc1cc(C)cc(OCC(=O)OCC(=O)Nc2cc(C(F)(F)F)ccc2N2CCOCC2)c1. The molecule has 0 spiro atoms. The Labute approximate surface area is 189 Å². The van der Waals surface area contributed by atoms with Crippen molar-refractivity contribution in [1.29, 1.82) is 0 Å². The Morgan fingerprint density at radius 1 is 1.03 bits per heavy atom. The minimum atomic E-state index is -4.57. The van der Waals surface area contributed by atoms with Crippen LogP contribution >= 0.6 is 0 Å². The summed E-state index contributed by atoms with van der Waals surface area (Å²) in [6.45, 7) is 4.51. The molecule has 178 valence electrons. The molecule has 1 aliphatic rings. The predicted molar refractivity (Wildman–Crippen MR) is 115 cm³/mol. The fourth-order valence-electron chi connectivity index (χ4n) is 3.42. The van der Waals surface area contributed by atoms with E-state index in [9.17, 15) is 22.8 Å². The Morgan fingerprint density at radius 3 is 2.33 bits per heavy atom. The summed E-state index contributed by atoms with van der Waals surface area (Å²) < 4.78 is 55.1. The molecule has 0 bridgehead atoms. The van der Waals surface area contributed by atoms with E-state index in [1.165, 1.54) is 6.07 Å². The fraction of sp³-hybridized carbons (Fsp3) is 0.391. The zero-order valence-electron chi connectivity index (χ0n) is 18.3. The van der Waals surface area contributed by atoms with Gasteiger partial charge in [-0.3, -0.25) is 4.79 Å². The summed E-state index contributed by atoms with van der Waals surface area (Å²) in [6.07, 6.45) is -4.57. The fourth-order valence-corrected chi connectivity index (χ4v) is 3.42. The minimum Gasteiger partial charge on any atom is -0.482 e. The first kappa shape index (κ1) is 24.4. The van der Waals surface area contributed by atoms with Crippen molar-refractivity contribution in [3.8, 4) is 5.75 Å². The molecule has 0 saturated carbocycles. The van der Waals surface area contributed by atoms with Crippen LogP contribution in [-0.4, -0.2) is 51.4 Å². The summed E-state index contributed by atoms with van der Waals surface area (Å²) in [6, 6.07) is 8.61. The third kappa shape index (κ3) is 7.11. The number of carbonyl (C=O) groups excluding carboxylic acids is 2. The van der Waals surface area contributed by atoms with Crippen LogP contribution < -0.4 is 15.0 Å². The van der Waals surface area contributed by atoms with E-state index in [-0.39, 0.29) is 5.69 Å². The summed E-state index contributed by atoms with van der Waals surface area (Å²) in [5.74, 6) is -1.04. The van der Waals surface area contributed by atoms with E-state index in [0.717, 1.165) is 23.3 Å². The topological polar surface area (TPSA) is 77.1 Å². The van der Waals surface area contributed by atoms with Gasteiger partial charge < -0.3 is 24.4 Å².